The molecule has 1 aromatic carbocycles. The van der Waals surface area contributed by atoms with E-state index in [-0.39, 0.29) is 0 Å². The molecular formula is C20H27NOS. The molecule has 0 aliphatic heterocycles. The van der Waals surface area contributed by atoms with Gasteiger partial charge in [0.2, 0.25) is 0 Å². The van der Waals surface area contributed by atoms with Crippen molar-refractivity contribution < 1.29 is 5.11 Å². The maximum Gasteiger partial charge on any atom is 0.119 e. The number of hydrogen-bond acceptors (Lipinski definition) is 3. The van der Waals surface area contributed by atoms with Crippen molar-refractivity contribution in [3.05, 3.63) is 51.7 Å². The van der Waals surface area contributed by atoms with Crippen molar-refractivity contribution in [2.45, 2.75) is 51.5 Å². The maximum atomic E-state index is 10.0. The van der Waals surface area contributed by atoms with Crippen LogP contribution in [0.2, 0.25) is 0 Å². The topological polar surface area (TPSA) is 23.5 Å². The van der Waals surface area contributed by atoms with Gasteiger partial charge >= 0.3 is 0 Å². The zero-order valence-corrected chi connectivity index (χ0v) is 14.8. The van der Waals surface area contributed by atoms with Gasteiger partial charge in [0.15, 0.2) is 0 Å². The highest BCUT2D eigenvalue weighted by Crippen LogP contribution is 2.30. The van der Waals surface area contributed by atoms with E-state index in [0.717, 1.165) is 12.8 Å². The number of phenolic OH excluding ortho intramolecular Hbond substituents is 1. The van der Waals surface area contributed by atoms with Crippen LogP contribution in [-0.4, -0.2) is 29.1 Å². The number of benzene rings is 1. The first-order chi connectivity index (χ1) is 11.3. The highest BCUT2D eigenvalue weighted by molar-refractivity contribution is 7.09. The predicted octanol–water partition coefficient (Wildman–Crippen LogP) is 4.66. The Morgan fingerprint density at radius 2 is 2.13 bits per heavy atom. The van der Waals surface area contributed by atoms with Crippen molar-refractivity contribution in [3.63, 3.8) is 0 Å². The molecule has 1 unspecified atom stereocenters. The van der Waals surface area contributed by atoms with Crippen molar-refractivity contribution in [1.82, 2.24) is 4.90 Å². The first-order valence-corrected chi connectivity index (χ1v) is 9.72. The van der Waals surface area contributed by atoms with Gasteiger partial charge in [-0.1, -0.05) is 25.1 Å². The molecule has 2 aromatic rings. The zero-order chi connectivity index (χ0) is 16.1. The molecule has 0 saturated heterocycles. The summed E-state index contributed by atoms with van der Waals surface area (Å²) < 4.78 is 0. The summed E-state index contributed by atoms with van der Waals surface area (Å²) in [6.07, 6.45) is 6.92. The SMILES string of the molecule is CCCN(CCCc1cccs1)C1CCc2c(O)cccc2C1. The lowest BCUT2D eigenvalue weighted by Gasteiger charge is -2.35. The number of phenols is 1. The number of fused-ring (bicyclic) bond motifs is 1. The van der Waals surface area contributed by atoms with Gasteiger partial charge in [-0.2, -0.15) is 0 Å². The van der Waals surface area contributed by atoms with Gasteiger partial charge in [0, 0.05) is 10.9 Å². The Morgan fingerprint density at radius 1 is 1.22 bits per heavy atom. The zero-order valence-electron chi connectivity index (χ0n) is 14.0. The quantitative estimate of drug-likeness (QED) is 0.799. The third-order valence-corrected chi connectivity index (χ3v) is 5.84. The molecule has 1 heterocycles. The average molecular weight is 330 g/mol. The van der Waals surface area contributed by atoms with E-state index in [1.165, 1.54) is 54.8 Å². The van der Waals surface area contributed by atoms with E-state index in [9.17, 15) is 5.11 Å². The van der Waals surface area contributed by atoms with E-state index < -0.39 is 0 Å². The van der Waals surface area contributed by atoms with Crippen LogP contribution in [0.1, 0.15) is 42.2 Å². The minimum atomic E-state index is 0.487. The molecule has 1 aliphatic rings. The summed E-state index contributed by atoms with van der Waals surface area (Å²) in [4.78, 5) is 4.18. The monoisotopic (exact) mass is 329 g/mol. The van der Waals surface area contributed by atoms with Gasteiger partial charge in [-0.3, -0.25) is 0 Å². The Balaban J connectivity index is 1.60. The molecule has 0 amide bonds. The number of rotatable bonds is 7. The third-order valence-electron chi connectivity index (χ3n) is 4.91. The van der Waals surface area contributed by atoms with Crippen LogP contribution in [0.25, 0.3) is 0 Å². The van der Waals surface area contributed by atoms with Crippen molar-refractivity contribution >= 4 is 11.3 Å². The van der Waals surface area contributed by atoms with Crippen LogP contribution in [0.5, 0.6) is 5.75 Å². The van der Waals surface area contributed by atoms with Gasteiger partial charge in [0.05, 0.1) is 0 Å². The van der Waals surface area contributed by atoms with E-state index >= 15 is 0 Å². The molecule has 1 aromatic heterocycles. The highest BCUT2D eigenvalue weighted by atomic mass is 32.1. The lowest BCUT2D eigenvalue weighted by molar-refractivity contribution is 0.177. The predicted molar refractivity (Wildman–Crippen MR) is 98.4 cm³/mol. The largest absolute Gasteiger partial charge is 0.508 e. The molecule has 1 atom stereocenters. The molecule has 124 valence electrons. The number of nitrogens with zero attached hydrogens (tertiary/aromatic N) is 1. The summed E-state index contributed by atoms with van der Waals surface area (Å²) in [5.74, 6) is 0.487. The summed E-state index contributed by atoms with van der Waals surface area (Å²) >= 11 is 1.87. The Kier molecular flexibility index (Phi) is 5.74. The van der Waals surface area contributed by atoms with Gasteiger partial charge < -0.3 is 10.0 Å². The smallest absolute Gasteiger partial charge is 0.119 e. The van der Waals surface area contributed by atoms with E-state index in [1.54, 1.807) is 0 Å². The van der Waals surface area contributed by atoms with Crippen LogP contribution in [0.4, 0.5) is 0 Å². The second-order valence-corrected chi connectivity index (χ2v) is 7.56. The number of hydrogen-bond donors (Lipinski definition) is 1. The molecule has 0 radical (unpaired) electrons. The van der Waals surface area contributed by atoms with Crippen LogP contribution in [0, 0.1) is 0 Å². The molecule has 0 spiro atoms. The molecule has 0 fully saturated rings. The Labute approximate surface area is 143 Å². The number of thiophene rings is 1. The Morgan fingerprint density at radius 3 is 2.91 bits per heavy atom. The summed E-state index contributed by atoms with van der Waals surface area (Å²) in [6, 6.07) is 11.0. The minimum absolute atomic E-state index is 0.487. The summed E-state index contributed by atoms with van der Waals surface area (Å²) in [5.41, 5.74) is 2.53. The van der Waals surface area contributed by atoms with E-state index in [1.807, 2.05) is 23.5 Å². The first kappa shape index (κ1) is 16.5. The number of aryl methyl sites for hydroxylation is 1. The van der Waals surface area contributed by atoms with Crippen molar-refractivity contribution in [2.24, 2.45) is 0 Å². The van der Waals surface area contributed by atoms with Gasteiger partial charge in [-0.25, -0.2) is 0 Å². The van der Waals surface area contributed by atoms with Crippen LogP contribution < -0.4 is 0 Å². The van der Waals surface area contributed by atoms with Crippen molar-refractivity contribution in [2.75, 3.05) is 13.1 Å². The first-order valence-electron chi connectivity index (χ1n) is 8.84. The molecule has 1 N–H and O–H groups in total. The van der Waals surface area contributed by atoms with Gasteiger partial charge in [0.25, 0.3) is 0 Å². The van der Waals surface area contributed by atoms with Crippen LogP contribution in [0.15, 0.2) is 35.7 Å². The van der Waals surface area contributed by atoms with Gasteiger partial charge in [-0.05, 0) is 80.3 Å². The summed E-state index contributed by atoms with van der Waals surface area (Å²) in [6.45, 7) is 4.64. The molecule has 1 aliphatic carbocycles. The fraction of sp³-hybridized carbons (Fsp3) is 0.500. The van der Waals surface area contributed by atoms with Crippen LogP contribution >= 0.6 is 11.3 Å². The molecule has 2 nitrogen and oxygen atoms in total. The molecule has 0 bridgehead atoms. The third kappa shape index (κ3) is 4.15. The Bertz CT molecular complexity index is 608. The molecule has 3 heteroatoms. The fourth-order valence-corrected chi connectivity index (χ4v) is 4.51. The standard InChI is InChI=1S/C20H27NOS/c1-2-12-21(13-4-7-18-8-5-14-23-18)17-10-11-19-16(15-17)6-3-9-20(19)22/h3,5-6,8-9,14,17,22H,2,4,7,10-13,15H2,1H3. The van der Waals surface area contributed by atoms with Crippen molar-refractivity contribution in [1.29, 1.82) is 0 Å². The lowest BCUT2D eigenvalue weighted by Crippen LogP contribution is -2.40. The normalized spacial score (nSPS) is 17.4. The van der Waals surface area contributed by atoms with Crippen LogP contribution in [0.3, 0.4) is 0 Å². The van der Waals surface area contributed by atoms with Gasteiger partial charge in [0.1, 0.15) is 5.75 Å². The van der Waals surface area contributed by atoms with Crippen molar-refractivity contribution in [3.8, 4) is 5.75 Å². The number of aromatic hydroxyl groups is 1. The second-order valence-electron chi connectivity index (χ2n) is 6.53. The van der Waals surface area contributed by atoms with Gasteiger partial charge in [-0.15, -0.1) is 11.3 Å². The molecular weight excluding hydrogens is 302 g/mol. The van der Waals surface area contributed by atoms with Crippen LogP contribution in [-0.2, 0) is 19.3 Å². The average Bonchev–Trinajstić information content (AvgIpc) is 3.07. The maximum absolute atomic E-state index is 10.0. The fourth-order valence-electron chi connectivity index (χ4n) is 3.75. The summed E-state index contributed by atoms with van der Waals surface area (Å²) in [5, 5.41) is 12.2. The highest BCUT2D eigenvalue weighted by Gasteiger charge is 2.24. The van der Waals surface area contributed by atoms with E-state index in [0.29, 0.717) is 11.8 Å². The lowest BCUT2D eigenvalue weighted by atomic mass is 9.86. The van der Waals surface area contributed by atoms with E-state index in [4.69, 9.17) is 0 Å². The molecule has 0 saturated carbocycles. The summed E-state index contributed by atoms with van der Waals surface area (Å²) in [7, 11) is 0. The molecule has 3 rings (SSSR count). The van der Waals surface area contributed by atoms with E-state index in [2.05, 4.69) is 35.4 Å². The molecule has 23 heavy (non-hydrogen) atoms. The second kappa shape index (κ2) is 7.98. The minimum Gasteiger partial charge on any atom is -0.508 e. The Hall–Kier alpha value is -1.32.